The molecule has 0 aliphatic carbocycles. The molecule has 0 spiro atoms. The van der Waals surface area contributed by atoms with Crippen molar-refractivity contribution in [2.75, 3.05) is 26.3 Å². The minimum Gasteiger partial charge on any atom is -0.380 e. The molecule has 1 aliphatic heterocycles. The molecule has 1 fully saturated rings. The first kappa shape index (κ1) is 16.7. The standard InChI is InChI=1S/C20H20NO2PS/c22-20(21-9-2-11-23-12-10-21)19-13-17-16(3-1-4-18(17)25-19)14-5-7-15(24)8-6-14/h1,3-8,13H,2,9-12,24H2. The van der Waals surface area contributed by atoms with Crippen LogP contribution in [-0.4, -0.2) is 37.1 Å². The fraction of sp³-hybridized carbons (Fsp3) is 0.250. The fourth-order valence-electron chi connectivity index (χ4n) is 3.19. The van der Waals surface area contributed by atoms with E-state index in [1.165, 1.54) is 16.4 Å². The summed E-state index contributed by atoms with van der Waals surface area (Å²) < 4.78 is 6.62. The minimum atomic E-state index is 0.123. The zero-order valence-electron chi connectivity index (χ0n) is 13.9. The Labute approximate surface area is 153 Å². The molecular weight excluding hydrogens is 349 g/mol. The summed E-state index contributed by atoms with van der Waals surface area (Å²) in [7, 11) is 2.71. The molecular formula is C20H20NO2PS. The Morgan fingerprint density at radius 3 is 2.76 bits per heavy atom. The van der Waals surface area contributed by atoms with Crippen LogP contribution in [0.1, 0.15) is 16.1 Å². The van der Waals surface area contributed by atoms with Crippen molar-refractivity contribution in [1.82, 2.24) is 4.90 Å². The zero-order chi connectivity index (χ0) is 17.2. The molecule has 0 N–H and O–H groups in total. The third-order valence-corrected chi connectivity index (χ3v) is 5.98. The third kappa shape index (κ3) is 3.48. The van der Waals surface area contributed by atoms with E-state index in [2.05, 4.69) is 57.8 Å². The second kappa shape index (κ2) is 7.25. The molecule has 1 atom stereocenters. The number of nitrogens with zero attached hydrogens (tertiary/aromatic N) is 1. The first-order chi connectivity index (χ1) is 12.2. The van der Waals surface area contributed by atoms with Crippen LogP contribution in [0.4, 0.5) is 0 Å². The molecule has 0 bridgehead atoms. The first-order valence-electron chi connectivity index (χ1n) is 8.48. The molecule has 128 valence electrons. The summed E-state index contributed by atoms with van der Waals surface area (Å²) in [5.74, 6) is 0.123. The summed E-state index contributed by atoms with van der Waals surface area (Å²) >= 11 is 1.58. The second-order valence-corrected chi connectivity index (χ2v) is 7.96. The topological polar surface area (TPSA) is 29.5 Å². The maximum Gasteiger partial charge on any atom is 0.264 e. The maximum absolute atomic E-state index is 12.9. The molecule has 2 aromatic carbocycles. The zero-order valence-corrected chi connectivity index (χ0v) is 15.9. The highest BCUT2D eigenvalue weighted by atomic mass is 32.1. The molecule has 3 aromatic rings. The lowest BCUT2D eigenvalue weighted by molar-refractivity contribution is 0.0746. The molecule has 0 radical (unpaired) electrons. The van der Waals surface area contributed by atoms with Crippen LogP contribution in [0.5, 0.6) is 0 Å². The number of fused-ring (bicyclic) bond motifs is 1. The van der Waals surface area contributed by atoms with Gasteiger partial charge in [0.1, 0.15) is 0 Å². The minimum absolute atomic E-state index is 0.123. The number of carbonyl (C=O) groups is 1. The smallest absolute Gasteiger partial charge is 0.264 e. The van der Waals surface area contributed by atoms with Gasteiger partial charge in [0.05, 0.1) is 11.5 Å². The van der Waals surface area contributed by atoms with E-state index in [9.17, 15) is 4.79 Å². The van der Waals surface area contributed by atoms with Gasteiger partial charge in [-0.25, -0.2) is 0 Å². The first-order valence-corrected chi connectivity index (χ1v) is 9.87. The van der Waals surface area contributed by atoms with Crippen LogP contribution in [0, 0.1) is 0 Å². The molecule has 3 nitrogen and oxygen atoms in total. The van der Waals surface area contributed by atoms with Gasteiger partial charge in [-0.15, -0.1) is 20.6 Å². The largest absolute Gasteiger partial charge is 0.380 e. The van der Waals surface area contributed by atoms with Crippen molar-refractivity contribution in [3.05, 3.63) is 53.4 Å². The number of rotatable bonds is 2. The van der Waals surface area contributed by atoms with E-state index in [1.807, 2.05) is 4.90 Å². The van der Waals surface area contributed by atoms with Crippen molar-refractivity contribution in [3.63, 3.8) is 0 Å². The van der Waals surface area contributed by atoms with E-state index in [1.54, 1.807) is 11.3 Å². The Bertz CT molecular complexity index is 896. The number of hydrogen-bond acceptors (Lipinski definition) is 3. The maximum atomic E-state index is 12.9. The third-order valence-electron chi connectivity index (χ3n) is 4.50. The van der Waals surface area contributed by atoms with Crippen molar-refractivity contribution in [3.8, 4) is 11.1 Å². The monoisotopic (exact) mass is 369 g/mol. The number of benzene rings is 2. The fourth-order valence-corrected chi connectivity index (χ4v) is 4.43. The Kier molecular flexibility index (Phi) is 4.85. The molecule has 25 heavy (non-hydrogen) atoms. The highest BCUT2D eigenvalue weighted by Crippen LogP contribution is 2.34. The van der Waals surface area contributed by atoms with Gasteiger partial charge in [-0.3, -0.25) is 4.79 Å². The van der Waals surface area contributed by atoms with E-state index in [0.29, 0.717) is 13.2 Å². The number of thiophene rings is 1. The Hall–Kier alpha value is -1.74. The van der Waals surface area contributed by atoms with Crippen LogP contribution in [0.2, 0.25) is 0 Å². The lowest BCUT2D eigenvalue weighted by Crippen LogP contribution is -2.32. The van der Waals surface area contributed by atoms with E-state index in [0.717, 1.165) is 34.5 Å². The number of ether oxygens (including phenoxy) is 1. The van der Waals surface area contributed by atoms with Crippen molar-refractivity contribution in [2.45, 2.75) is 6.42 Å². The van der Waals surface area contributed by atoms with Gasteiger partial charge in [-0.1, -0.05) is 36.4 Å². The number of hydrogen-bond donors (Lipinski definition) is 0. The second-order valence-electron chi connectivity index (χ2n) is 6.21. The molecule has 1 amide bonds. The predicted octanol–water partition coefficient (Wildman–Crippen LogP) is 3.93. The van der Waals surface area contributed by atoms with Gasteiger partial charge in [-0.05, 0) is 35.0 Å². The van der Waals surface area contributed by atoms with Gasteiger partial charge < -0.3 is 9.64 Å². The molecule has 1 aromatic heterocycles. The SMILES string of the molecule is O=C(c1cc2c(-c3ccc(P)cc3)cccc2s1)N1CCCOCC1. The molecule has 2 heterocycles. The van der Waals surface area contributed by atoms with E-state index in [-0.39, 0.29) is 5.91 Å². The molecule has 1 unspecified atom stereocenters. The van der Waals surface area contributed by atoms with Gasteiger partial charge in [0, 0.05) is 29.8 Å². The molecule has 4 rings (SSSR count). The summed E-state index contributed by atoms with van der Waals surface area (Å²) in [5.41, 5.74) is 2.36. The Balaban J connectivity index is 1.71. The predicted molar refractivity (Wildman–Crippen MR) is 108 cm³/mol. The van der Waals surface area contributed by atoms with Gasteiger partial charge in [0.2, 0.25) is 0 Å². The summed E-state index contributed by atoms with van der Waals surface area (Å²) in [6.45, 7) is 2.82. The average Bonchev–Trinajstić information content (AvgIpc) is 2.88. The van der Waals surface area contributed by atoms with Crippen LogP contribution in [0.3, 0.4) is 0 Å². The van der Waals surface area contributed by atoms with Gasteiger partial charge in [0.25, 0.3) is 5.91 Å². The van der Waals surface area contributed by atoms with Crippen molar-refractivity contribution in [2.24, 2.45) is 0 Å². The van der Waals surface area contributed by atoms with E-state index >= 15 is 0 Å². The van der Waals surface area contributed by atoms with Crippen LogP contribution in [0.25, 0.3) is 21.2 Å². The van der Waals surface area contributed by atoms with E-state index < -0.39 is 0 Å². The quantitative estimate of drug-likeness (QED) is 0.641. The normalized spacial score (nSPS) is 15.3. The van der Waals surface area contributed by atoms with Gasteiger partial charge >= 0.3 is 0 Å². The summed E-state index contributed by atoms with van der Waals surface area (Å²) in [6, 6.07) is 16.8. The van der Waals surface area contributed by atoms with Gasteiger partial charge in [0.15, 0.2) is 0 Å². The van der Waals surface area contributed by atoms with Crippen LogP contribution in [0.15, 0.2) is 48.5 Å². The summed E-state index contributed by atoms with van der Waals surface area (Å²) in [5, 5.41) is 2.32. The Morgan fingerprint density at radius 2 is 1.92 bits per heavy atom. The van der Waals surface area contributed by atoms with Crippen molar-refractivity contribution >= 4 is 41.9 Å². The van der Waals surface area contributed by atoms with Crippen LogP contribution < -0.4 is 5.30 Å². The van der Waals surface area contributed by atoms with Crippen molar-refractivity contribution < 1.29 is 9.53 Å². The Morgan fingerprint density at radius 1 is 1.08 bits per heavy atom. The van der Waals surface area contributed by atoms with Crippen LogP contribution in [-0.2, 0) is 4.74 Å². The van der Waals surface area contributed by atoms with Crippen LogP contribution >= 0.6 is 20.6 Å². The van der Waals surface area contributed by atoms with E-state index in [4.69, 9.17) is 4.74 Å². The summed E-state index contributed by atoms with van der Waals surface area (Å²) in [6.07, 6.45) is 0.906. The molecule has 5 heteroatoms. The van der Waals surface area contributed by atoms with Crippen molar-refractivity contribution in [1.29, 1.82) is 0 Å². The number of carbonyl (C=O) groups excluding carboxylic acids is 1. The molecule has 1 aliphatic rings. The lowest BCUT2D eigenvalue weighted by Gasteiger charge is -2.18. The molecule has 0 saturated carbocycles. The highest BCUT2D eigenvalue weighted by Gasteiger charge is 2.20. The number of amides is 1. The average molecular weight is 369 g/mol. The van der Waals surface area contributed by atoms with Gasteiger partial charge in [-0.2, -0.15) is 0 Å². The lowest BCUT2D eigenvalue weighted by atomic mass is 10.0. The highest BCUT2D eigenvalue weighted by molar-refractivity contribution is 7.27. The molecule has 1 saturated heterocycles. The summed E-state index contributed by atoms with van der Waals surface area (Å²) in [4.78, 5) is 15.6.